The summed E-state index contributed by atoms with van der Waals surface area (Å²) in [5.74, 6) is 0.973. The van der Waals surface area contributed by atoms with Crippen LogP contribution in [0.25, 0.3) is 10.9 Å². The van der Waals surface area contributed by atoms with Gasteiger partial charge in [0.25, 0.3) is 0 Å². The van der Waals surface area contributed by atoms with Crippen molar-refractivity contribution in [3.63, 3.8) is 0 Å². The second kappa shape index (κ2) is 7.40. The first-order chi connectivity index (χ1) is 13.1. The van der Waals surface area contributed by atoms with E-state index >= 15 is 0 Å². The molecule has 6 heteroatoms. The monoisotopic (exact) mass is 376 g/mol. The van der Waals surface area contributed by atoms with Crippen molar-refractivity contribution in [3.05, 3.63) is 77.7 Å². The highest BCUT2D eigenvalue weighted by Crippen LogP contribution is 2.27. The predicted molar refractivity (Wildman–Crippen MR) is 108 cm³/mol. The molecule has 4 aromatic rings. The Morgan fingerprint density at radius 2 is 1.85 bits per heavy atom. The number of thioether (sulfide) groups is 1. The normalized spacial score (nSPS) is 12.4. The number of hydrogen-bond acceptors (Lipinski definition) is 4. The standard InChI is InChI=1S/C21H20N4OS/c1-14(20(26)17-13-22-18-11-7-6-10-16(17)18)27-21-24-23-19(25(21)2)12-15-8-4-3-5-9-15/h3-11,13-14,22H,12H2,1-2H3/t14-/m1/s1. The fourth-order valence-electron chi connectivity index (χ4n) is 3.09. The van der Waals surface area contributed by atoms with Crippen LogP contribution in [0.15, 0.2) is 66.0 Å². The van der Waals surface area contributed by atoms with Crippen molar-refractivity contribution in [1.29, 1.82) is 0 Å². The molecule has 4 rings (SSSR count). The van der Waals surface area contributed by atoms with E-state index in [-0.39, 0.29) is 11.0 Å². The van der Waals surface area contributed by atoms with Gasteiger partial charge < -0.3 is 9.55 Å². The highest BCUT2D eigenvalue weighted by atomic mass is 32.2. The van der Waals surface area contributed by atoms with Crippen LogP contribution in [-0.2, 0) is 13.5 Å². The average Bonchev–Trinajstić information content (AvgIpc) is 3.27. The Morgan fingerprint density at radius 1 is 1.11 bits per heavy atom. The number of para-hydroxylation sites is 1. The highest BCUT2D eigenvalue weighted by molar-refractivity contribution is 8.00. The Balaban J connectivity index is 1.51. The third kappa shape index (κ3) is 3.53. The van der Waals surface area contributed by atoms with E-state index < -0.39 is 0 Å². The molecule has 0 aliphatic heterocycles. The lowest BCUT2D eigenvalue weighted by Gasteiger charge is -2.09. The van der Waals surface area contributed by atoms with Crippen molar-refractivity contribution in [1.82, 2.24) is 19.7 Å². The molecule has 2 aromatic carbocycles. The molecule has 0 aliphatic carbocycles. The highest BCUT2D eigenvalue weighted by Gasteiger charge is 2.22. The molecule has 27 heavy (non-hydrogen) atoms. The maximum absolute atomic E-state index is 12.9. The first kappa shape index (κ1) is 17.5. The van der Waals surface area contributed by atoms with E-state index in [2.05, 4.69) is 27.3 Å². The molecule has 0 saturated heterocycles. The number of ketones is 1. The van der Waals surface area contributed by atoms with Gasteiger partial charge in [0, 0.05) is 36.1 Å². The van der Waals surface area contributed by atoms with Gasteiger partial charge in [-0.15, -0.1) is 10.2 Å². The largest absolute Gasteiger partial charge is 0.360 e. The number of nitrogens with one attached hydrogen (secondary N) is 1. The van der Waals surface area contributed by atoms with Crippen molar-refractivity contribution in [2.75, 3.05) is 0 Å². The molecule has 0 unspecified atom stereocenters. The minimum atomic E-state index is -0.253. The van der Waals surface area contributed by atoms with Crippen molar-refractivity contribution in [2.24, 2.45) is 7.05 Å². The lowest BCUT2D eigenvalue weighted by molar-refractivity contribution is 0.0995. The Hall–Kier alpha value is -2.86. The minimum absolute atomic E-state index is 0.0880. The van der Waals surface area contributed by atoms with Crippen molar-refractivity contribution in [3.8, 4) is 0 Å². The number of rotatable bonds is 6. The number of aromatic amines is 1. The molecule has 0 radical (unpaired) electrons. The first-order valence-corrected chi connectivity index (χ1v) is 9.70. The van der Waals surface area contributed by atoms with E-state index in [1.165, 1.54) is 17.3 Å². The van der Waals surface area contributed by atoms with E-state index in [4.69, 9.17) is 0 Å². The van der Waals surface area contributed by atoms with Crippen molar-refractivity contribution < 1.29 is 4.79 Å². The lowest BCUT2D eigenvalue weighted by atomic mass is 10.1. The van der Waals surface area contributed by atoms with Crippen LogP contribution in [0.3, 0.4) is 0 Å². The maximum Gasteiger partial charge on any atom is 0.191 e. The lowest BCUT2D eigenvalue weighted by Crippen LogP contribution is -2.14. The van der Waals surface area contributed by atoms with Gasteiger partial charge in [-0.3, -0.25) is 4.79 Å². The number of H-pyrrole nitrogens is 1. The molecule has 2 heterocycles. The van der Waals surface area contributed by atoms with Gasteiger partial charge in [-0.05, 0) is 18.6 Å². The molecule has 2 aromatic heterocycles. The van der Waals surface area contributed by atoms with Gasteiger partial charge in [0.1, 0.15) is 5.82 Å². The van der Waals surface area contributed by atoms with Gasteiger partial charge in [0.05, 0.1) is 5.25 Å². The molecule has 5 nitrogen and oxygen atoms in total. The molecule has 0 bridgehead atoms. The zero-order valence-corrected chi connectivity index (χ0v) is 16.0. The van der Waals surface area contributed by atoms with Gasteiger partial charge in [0.15, 0.2) is 10.9 Å². The van der Waals surface area contributed by atoms with Crippen LogP contribution in [0.2, 0.25) is 0 Å². The second-order valence-electron chi connectivity index (χ2n) is 6.49. The molecule has 0 amide bonds. The third-order valence-corrected chi connectivity index (χ3v) is 5.77. The molecule has 1 atom stereocenters. The third-order valence-electron chi connectivity index (χ3n) is 4.64. The Bertz CT molecular complexity index is 1080. The maximum atomic E-state index is 12.9. The summed E-state index contributed by atoms with van der Waals surface area (Å²) in [6.07, 6.45) is 2.51. The molecule has 136 valence electrons. The van der Waals surface area contributed by atoms with Crippen molar-refractivity contribution in [2.45, 2.75) is 23.8 Å². The fourth-order valence-corrected chi connectivity index (χ4v) is 3.99. The number of nitrogens with zero attached hydrogens (tertiary/aromatic N) is 3. The second-order valence-corrected chi connectivity index (χ2v) is 7.80. The minimum Gasteiger partial charge on any atom is -0.360 e. The van der Waals surface area contributed by atoms with E-state index in [1.807, 2.05) is 61.0 Å². The smallest absolute Gasteiger partial charge is 0.191 e. The predicted octanol–water partition coefficient (Wildman–Crippen LogP) is 4.25. The topological polar surface area (TPSA) is 63.6 Å². The Kier molecular flexibility index (Phi) is 4.81. The van der Waals surface area contributed by atoms with E-state index in [0.717, 1.165) is 33.9 Å². The summed E-state index contributed by atoms with van der Waals surface area (Å²) < 4.78 is 1.97. The molecular weight excluding hydrogens is 356 g/mol. The summed E-state index contributed by atoms with van der Waals surface area (Å²) in [5.41, 5.74) is 2.88. The summed E-state index contributed by atoms with van der Waals surface area (Å²) in [7, 11) is 1.95. The Morgan fingerprint density at radius 3 is 2.67 bits per heavy atom. The van der Waals surface area contributed by atoms with Gasteiger partial charge in [0.2, 0.25) is 0 Å². The summed E-state index contributed by atoms with van der Waals surface area (Å²) in [4.78, 5) is 16.1. The van der Waals surface area contributed by atoms with Gasteiger partial charge in [-0.1, -0.05) is 60.3 Å². The van der Waals surface area contributed by atoms with Crippen LogP contribution in [0.4, 0.5) is 0 Å². The summed E-state index contributed by atoms with van der Waals surface area (Å²) in [6.45, 7) is 1.92. The average molecular weight is 376 g/mol. The van der Waals surface area contributed by atoms with Gasteiger partial charge >= 0.3 is 0 Å². The molecule has 0 aliphatic rings. The molecule has 0 saturated carbocycles. The number of aromatic nitrogens is 4. The zero-order valence-electron chi connectivity index (χ0n) is 15.2. The summed E-state index contributed by atoms with van der Waals surface area (Å²) in [5, 5.41) is 10.1. The van der Waals surface area contributed by atoms with Crippen LogP contribution in [-0.4, -0.2) is 30.8 Å². The number of Topliss-reactive ketones (excluding diaryl/α,β-unsaturated/α-hetero) is 1. The molecule has 0 fully saturated rings. The van der Waals surface area contributed by atoms with Gasteiger partial charge in [-0.2, -0.15) is 0 Å². The van der Waals surface area contributed by atoms with Crippen LogP contribution >= 0.6 is 11.8 Å². The molecule has 0 spiro atoms. The first-order valence-electron chi connectivity index (χ1n) is 8.82. The quantitative estimate of drug-likeness (QED) is 0.404. The van der Waals surface area contributed by atoms with E-state index in [1.54, 1.807) is 6.20 Å². The van der Waals surface area contributed by atoms with E-state index in [9.17, 15) is 4.79 Å². The number of fused-ring (bicyclic) bond motifs is 1. The van der Waals surface area contributed by atoms with Gasteiger partial charge in [-0.25, -0.2) is 0 Å². The van der Waals surface area contributed by atoms with Crippen LogP contribution in [0, 0.1) is 0 Å². The van der Waals surface area contributed by atoms with Crippen LogP contribution in [0.5, 0.6) is 0 Å². The number of benzene rings is 2. The van der Waals surface area contributed by atoms with Crippen LogP contribution in [0.1, 0.15) is 28.7 Å². The number of carbonyl (C=O) groups is 1. The van der Waals surface area contributed by atoms with Crippen molar-refractivity contribution >= 4 is 28.4 Å². The summed E-state index contributed by atoms with van der Waals surface area (Å²) >= 11 is 1.44. The van der Waals surface area contributed by atoms with Crippen LogP contribution < -0.4 is 0 Å². The SMILES string of the molecule is C[C@@H](Sc1nnc(Cc2ccccc2)n1C)C(=O)c1c[nH]c2ccccc12. The molecule has 1 N–H and O–H groups in total. The fraction of sp³-hybridized carbons (Fsp3) is 0.190. The number of carbonyl (C=O) groups excluding carboxylic acids is 1. The van der Waals surface area contributed by atoms with E-state index in [0.29, 0.717) is 0 Å². The Labute approximate surface area is 161 Å². The number of hydrogen-bond donors (Lipinski definition) is 1. The zero-order chi connectivity index (χ0) is 18.8. The summed E-state index contributed by atoms with van der Waals surface area (Å²) in [6, 6.07) is 18.0. The molecular formula is C21H20N4OS.